The number of alkyl halides is 3. The van der Waals surface area contributed by atoms with Crippen molar-refractivity contribution in [2.24, 2.45) is 0 Å². The predicted octanol–water partition coefficient (Wildman–Crippen LogP) is 2.73. The second kappa shape index (κ2) is 3.83. The minimum Gasteiger partial charge on any atom is -0.215 e. The number of rotatable bonds is 1. The average Bonchev–Trinajstić information content (AvgIpc) is 2.63. The molecule has 0 aliphatic carbocycles. The highest BCUT2D eigenvalue weighted by Gasteiger charge is 2.31. The summed E-state index contributed by atoms with van der Waals surface area (Å²) in [5, 5.41) is 7.12. The minimum atomic E-state index is -4.56. The van der Waals surface area contributed by atoms with E-state index in [9.17, 15) is 17.6 Å². The summed E-state index contributed by atoms with van der Waals surface area (Å²) in [5.74, 6) is -0.992. The van der Waals surface area contributed by atoms with Crippen LogP contribution in [0.3, 0.4) is 0 Å². The molecule has 90 valence electrons. The van der Waals surface area contributed by atoms with Gasteiger partial charge in [0.2, 0.25) is 0 Å². The molecular weight excluding hydrogens is 238 g/mol. The van der Waals surface area contributed by atoms with Crippen LogP contribution >= 0.6 is 0 Å². The zero-order valence-electron chi connectivity index (χ0n) is 8.66. The van der Waals surface area contributed by atoms with E-state index < -0.39 is 17.6 Å². The van der Waals surface area contributed by atoms with Crippen LogP contribution in [0.4, 0.5) is 17.6 Å². The maximum Gasteiger partial charge on any atom is 0.416 e. The number of hydrogen-bond donors (Lipinski definition) is 0. The van der Waals surface area contributed by atoms with Crippen molar-refractivity contribution in [3.05, 3.63) is 41.5 Å². The first-order valence-corrected chi connectivity index (χ1v) is 4.64. The zero-order valence-corrected chi connectivity index (χ0v) is 8.66. The monoisotopic (exact) mass is 245 g/mol. The lowest BCUT2D eigenvalue weighted by Gasteiger charge is -2.09. The van der Waals surface area contributed by atoms with Gasteiger partial charge in [0.05, 0.1) is 17.5 Å². The van der Waals surface area contributed by atoms with Crippen LogP contribution in [0.5, 0.6) is 0 Å². The zero-order chi connectivity index (χ0) is 12.6. The third-order valence-corrected chi connectivity index (χ3v) is 2.22. The quantitative estimate of drug-likeness (QED) is 0.723. The molecule has 0 atom stereocenters. The number of halogens is 4. The van der Waals surface area contributed by atoms with Crippen LogP contribution in [-0.4, -0.2) is 15.0 Å². The molecule has 0 aliphatic heterocycles. The van der Waals surface area contributed by atoms with Crippen LogP contribution in [0.2, 0.25) is 0 Å². The smallest absolute Gasteiger partial charge is 0.215 e. The molecule has 0 aliphatic rings. The van der Waals surface area contributed by atoms with Gasteiger partial charge in [0.15, 0.2) is 0 Å². The van der Waals surface area contributed by atoms with Gasteiger partial charge in [-0.3, -0.25) is 0 Å². The Kier molecular flexibility index (Phi) is 2.60. The van der Waals surface area contributed by atoms with Crippen molar-refractivity contribution in [3.8, 4) is 5.69 Å². The van der Waals surface area contributed by atoms with Crippen LogP contribution in [0.25, 0.3) is 5.69 Å². The van der Waals surface area contributed by atoms with Crippen LogP contribution in [-0.2, 0) is 6.18 Å². The number of hydrogen-bond acceptors (Lipinski definition) is 2. The highest BCUT2D eigenvalue weighted by molar-refractivity contribution is 5.37. The molecule has 3 nitrogen and oxygen atoms in total. The topological polar surface area (TPSA) is 30.7 Å². The summed E-state index contributed by atoms with van der Waals surface area (Å²) in [6, 6.07) is 2.27. The highest BCUT2D eigenvalue weighted by Crippen LogP contribution is 2.30. The fourth-order valence-corrected chi connectivity index (χ4v) is 1.38. The fraction of sp³-hybridized carbons (Fsp3) is 0.200. The summed E-state index contributed by atoms with van der Waals surface area (Å²) in [6.45, 7) is 1.62. The Labute approximate surface area is 93.7 Å². The third kappa shape index (κ3) is 2.13. The van der Waals surface area contributed by atoms with Gasteiger partial charge in [-0.25, -0.2) is 9.07 Å². The Balaban J connectivity index is 2.50. The molecule has 2 aromatic rings. The fourth-order valence-electron chi connectivity index (χ4n) is 1.38. The molecule has 0 bridgehead atoms. The molecule has 0 N–H and O–H groups in total. The third-order valence-electron chi connectivity index (χ3n) is 2.22. The van der Waals surface area contributed by atoms with Crippen LogP contribution in [0.1, 0.15) is 11.3 Å². The summed E-state index contributed by atoms with van der Waals surface area (Å²) >= 11 is 0. The molecule has 0 saturated carbocycles. The van der Waals surface area contributed by atoms with Crippen molar-refractivity contribution >= 4 is 0 Å². The summed E-state index contributed by atoms with van der Waals surface area (Å²) in [7, 11) is 0. The molecule has 17 heavy (non-hydrogen) atoms. The first kappa shape index (κ1) is 11.6. The molecule has 0 spiro atoms. The van der Waals surface area contributed by atoms with Crippen molar-refractivity contribution in [3.63, 3.8) is 0 Å². The lowest BCUT2D eigenvalue weighted by molar-refractivity contribution is -0.137. The summed E-state index contributed by atoms with van der Waals surface area (Å²) in [4.78, 5) is 0. The van der Waals surface area contributed by atoms with E-state index in [1.165, 1.54) is 6.20 Å². The molecule has 0 unspecified atom stereocenters. The van der Waals surface area contributed by atoms with Crippen LogP contribution in [0, 0.1) is 12.7 Å². The average molecular weight is 245 g/mol. The van der Waals surface area contributed by atoms with E-state index in [2.05, 4.69) is 10.3 Å². The van der Waals surface area contributed by atoms with E-state index in [4.69, 9.17) is 0 Å². The standard InChI is InChI=1S/C10H7F4N3/c1-6-5-15-16-17(6)9-3-2-7(4-8(9)11)10(12,13)14/h2-5H,1H3. The molecule has 2 rings (SSSR count). The van der Waals surface area contributed by atoms with Gasteiger partial charge in [-0.2, -0.15) is 13.2 Å². The Morgan fingerprint density at radius 2 is 1.94 bits per heavy atom. The van der Waals surface area contributed by atoms with E-state index in [1.807, 2.05) is 0 Å². The van der Waals surface area contributed by atoms with Gasteiger partial charge >= 0.3 is 6.18 Å². The van der Waals surface area contributed by atoms with Crippen molar-refractivity contribution in [1.82, 2.24) is 15.0 Å². The molecule has 7 heteroatoms. The highest BCUT2D eigenvalue weighted by atomic mass is 19.4. The SMILES string of the molecule is Cc1cnnn1-c1ccc(C(F)(F)F)cc1F. The van der Waals surface area contributed by atoms with Gasteiger partial charge in [-0.05, 0) is 25.1 Å². The molecule has 0 amide bonds. The number of nitrogens with zero attached hydrogens (tertiary/aromatic N) is 3. The molecule has 0 radical (unpaired) electrons. The number of benzene rings is 1. The second-order valence-corrected chi connectivity index (χ2v) is 3.45. The van der Waals surface area contributed by atoms with Crippen LogP contribution < -0.4 is 0 Å². The Morgan fingerprint density at radius 1 is 1.24 bits per heavy atom. The molecule has 1 aromatic heterocycles. The van der Waals surface area contributed by atoms with Crippen molar-refractivity contribution in [1.29, 1.82) is 0 Å². The maximum atomic E-state index is 13.5. The minimum absolute atomic E-state index is 0.0620. The number of aryl methyl sites for hydroxylation is 1. The van der Waals surface area contributed by atoms with Crippen molar-refractivity contribution in [2.45, 2.75) is 13.1 Å². The van der Waals surface area contributed by atoms with Crippen molar-refractivity contribution < 1.29 is 17.6 Å². The Bertz CT molecular complexity index is 545. The predicted molar refractivity (Wildman–Crippen MR) is 51.1 cm³/mol. The largest absolute Gasteiger partial charge is 0.416 e. The van der Waals surface area contributed by atoms with Gasteiger partial charge in [-0.1, -0.05) is 5.21 Å². The summed E-state index contributed by atoms with van der Waals surface area (Å²) in [5.41, 5.74) is -0.562. The van der Waals surface area contributed by atoms with E-state index in [-0.39, 0.29) is 5.69 Å². The maximum absolute atomic E-state index is 13.5. The lowest BCUT2D eigenvalue weighted by Crippen LogP contribution is -2.08. The van der Waals surface area contributed by atoms with Gasteiger partial charge < -0.3 is 0 Å². The van der Waals surface area contributed by atoms with E-state index in [0.717, 1.165) is 16.8 Å². The van der Waals surface area contributed by atoms with Crippen LogP contribution in [0.15, 0.2) is 24.4 Å². The first-order chi connectivity index (χ1) is 7.89. The molecule has 1 aromatic carbocycles. The molecule has 0 saturated heterocycles. The van der Waals surface area contributed by atoms with Gasteiger partial charge in [-0.15, -0.1) is 5.10 Å². The van der Waals surface area contributed by atoms with E-state index in [0.29, 0.717) is 11.8 Å². The Morgan fingerprint density at radius 3 is 2.41 bits per heavy atom. The van der Waals surface area contributed by atoms with Crippen molar-refractivity contribution in [2.75, 3.05) is 0 Å². The molecule has 0 fully saturated rings. The molecule has 1 heterocycles. The summed E-state index contributed by atoms with van der Waals surface area (Å²) < 4.78 is 51.6. The number of aromatic nitrogens is 3. The second-order valence-electron chi connectivity index (χ2n) is 3.45. The van der Waals surface area contributed by atoms with Gasteiger partial charge in [0.25, 0.3) is 0 Å². The lowest BCUT2D eigenvalue weighted by atomic mass is 10.2. The van der Waals surface area contributed by atoms with Gasteiger partial charge in [0.1, 0.15) is 11.5 Å². The molecular formula is C10H7F4N3. The normalized spacial score (nSPS) is 11.8. The van der Waals surface area contributed by atoms with E-state index >= 15 is 0 Å². The summed E-state index contributed by atoms with van der Waals surface area (Å²) in [6.07, 6.45) is -3.17. The Hall–Kier alpha value is -1.92. The van der Waals surface area contributed by atoms with Gasteiger partial charge in [0, 0.05) is 0 Å². The van der Waals surface area contributed by atoms with E-state index in [1.54, 1.807) is 6.92 Å². The first-order valence-electron chi connectivity index (χ1n) is 4.64.